The summed E-state index contributed by atoms with van der Waals surface area (Å²) >= 11 is 0. The molecule has 0 aliphatic carbocycles. The van der Waals surface area contributed by atoms with Crippen LogP contribution in [0.1, 0.15) is 48.5 Å². The van der Waals surface area contributed by atoms with E-state index in [0.717, 1.165) is 12.2 Å². The van der Waals surface area contributed by atoms with Crippen molar-refractivity contribution in [3.05, 3.63) is 24.3 Å². The van der Waals surface area contributed by atoms with Crippen molar-refractivity contribution in [1.82, 2.24) is 9.80 Å². The Labute approximate surface area is 172 Å². The number of aliphatic imine (C=N–C) groups is 1. The van der Waals surface area contributed by atoms with Crippen LogP contribution in [0.2, 0.25) is 0 Å². The van der Waals surface area contributed by atoms with E-state index in [0.29, 0.717) is 5.69 Å². The predicted octanol–water partition coefficient (Wildman–Crippen LogP) is 4.59. The van der Waals surface area contributed by atoms with Gasteiger partial charge in [-0.1, -0.05) is 0 Å². The Morgan fingerprint density at radius 1 is 0.931 bits per heavy atom. The van der Waals surface area contributed by atoms with Crippen molar-refractivity contribution >= 4 is 29.5 Å². The molecular weight excluding hydrogens is 372 g/mol. The number of rotatable bonds is 3. The normalized spacial score (nSPS) is 14.7. The Kier molecular flexibility index (Phi) is 6.77. The van der Waals surface area contributed by atoms with Gasteiger partial charge in [0.25, 0.3) is 0 Å². The zero-order valence-corrected chi connectivity index (χ0v) is 18.4. The SMILES string of the molecule is CCNc1ccc(N=C2N(C(=O)OC(C)(C)C)CCN2C(=O)OC(C)(C)C)cc1. The molecule has 1 aromatic rings. The standard InChI is InChI=1S/C21H32N4O4/c1-8-22-15-9-11-16(12-10-15)23-17-24(18(26)28-20(2,3)4)13-14-25(17)19(27)29-21(5,6)7/h9-12,22H,8,13-14H2,1-7H3. The van der Waals surface area contributed by atoms with Crippen LogP contribution in [0.15, 0.2) is 29.3 Å². The van der Waals surface area contributed by atoms with E-state index in [1.165, 1.54) is 9.80 Å². The molecule has 1 fully saturated rings. The van der Waals surface area contributed by atoms with Gasteiger partial charge >= 0.3 is 12.2 Å². The highest BCUT2D eigenvalue weighted by atomic mass is 16.6. The molecule has 0 radical (unpaired) electrons. The molecule has 0 bridgehead atoms. The van der Waals surface area contributed by atoms with Crippen LogP contribution in [-0.4, -0.2) is 58.8 Å². The number of carbonyl (C=O) groups excluding carboxylic acids is 2. The lowest BCUT2D eigenvalue weighted by Crippen LogP contribution is -2.44. The van der Waals surface area contributed by atoms with Gasteiger partial charge in [0.05, 0.1) is 18.8 Å². The van der Waals surface area contributed by atoms with E-state index >= 15 is 0 Å². The maximum absolute atomic E-state index is 12.7. The summed E-state index contributed by atoms with van der Waals surface area (Å²) < 4.78 is 11.0. The van der Waals surface area contributed by atoms with Crippen molar-refractivity contribution in [2.75, 3.05) is 25.0 Å². The van der Waals surface area contributed by atoms with Gasteiger partial charge in [-0.2, -0.15) is 0 Å². The summed E-state index contributed by atoms with van der Waals surface area (Å²) in [4.78, 5) is 32.7. The maximum Gasteiger partial charge on any atom is 0.417 e. The first-order valence-corrected chi connectivity index (χ1v) is 9.83. The second kappa shape index (κ2) is 8.71. The Hall–Kier alpha value is -2.77. The van der Waals surface area contributed by atoms with Gasteiger partial charge in [-0.05, 0) is 72.7 Å². The first-order valence-electron chi connectivity index (χ1n) is 9.83. The van der Waals surface area contributed by atoms with Crippen LogP contribution in [-0.2, 0) is 9.47 Å². The summed E-state index contributed by atoms with van der Waals surface area (Å²) in [5, 5.41) is 3.22. The van der Waals surface area contributed by atoms with E-state index in [2.05, 4.69) is 10.3 Å². The first kappa shape index (κ1) is 22.5. The van der Waals surface area contributed by atoms with Gasteiger partial charge in [0.15, 0.2) is 0 Å². The monoisotopic (exact) mass is 404 g/mol. The average molecular weight is 405 g/mol. The summed E-state index contributed by atoms with van der Waals surface area (Å²) in [6.07, 6.45) is -1.10. The van der Waals surface area contributed by atoms with E-state index in [1.54, 1.807) is 41.5 Å². The number of carbonyl (C=O) groups is 2. The van der Waals surface area contributed by atoms with Crippen LogP contribution in [0.4, 0.5) is 21.0 Å². The minimum Gasteiger partial charge on any atom is -0.443 e. The molecule has 1 aliphatic rings. The van der Waals surface area contributed by atoms with Gasteiger partial charge < -0.3 is 14.8 Å². The third-order valence-corrected chi connectivity index (χ3v) is 3.74. The number of anilines is 1. The van der Waals surface area contributed by atoms with E-state index in [1.807, 2.05) is 31.2 Å². The Bertz CT molecular complexity index is 722. The van der Waals surface area contributed by atoms with Gasteiger partial charge in [-0.15, -0.1) is 0 Å². The smallest absolute Gasteiger partial charge is 0.417 e. The number of nitrogens with one attached hydrogen (secondary N) is 1. The molecule has 1 heterocycles. The van der Waals surface area contributed by atoms with Crippen LogP contribution in [0.25, 0.3) is 0 Å². The fourth-order valence-electron chi connectivity index (χ4n) is 2.62. The minimum absolute atomic E-state index is 0.199. The maximum atomic E-state index is 12.7. The zero-order chi connectivity index (χ0) is 21.8. The van der Waals surface area contributed by atoms with Gasteiger partial charge in [0, 0.05) is 12.2 Å². The largest absolute Gasteiger partial charge is 0.443 e. The Morgan fingerprint density at radius 3 is 1.76 bits per heavy atom. The molecule has 2 rings (SSSR count). The minimum atomic E-state index is -0.658. The molecule has 0 saturated carbocycles. The summed E-state index contributed by atoms with van der Waals surface area (Å²) in [6.45, 7) is 14.2. The summed E-state index contributed by atoms with van der Waals surface area (Å²) in [5.74, 6) is 0.199. The molecule has 1 N–H and O–H groups in total. The highest BCUT2D eigenvalue weighted by molar-refractivity contribution is 6.04. The second-order valence-corrected chi connectivity index (χ2v) is 8.75. The molecule has 0 atom stereocenters. The van der Waals surface area contributed by atoms with E-state index in [9.17, 15) is 9.59 Å². The van der Waals surface area contributed by atoms with Crippen molar-refractivity contribution in [3.63, 3.8) is 0 Å². The van der Waals surface area contributed by atoms with Gasteiger partial charge in [-0.3, -0.25) is 0 Å². The predicted molar refractivity (Wildman–Crippen MR) is 114 cm³/mol. The second-order valence-electron chi connectivity index (χ2n) is 8.75. The molecule has 0 aromatic heterocycles. The van der Waals surface area contributed by atoms with Crippen molar-refractivity contribution in [1.29, 1.82) is 0 Å². The number of hydrogen-bond donors (Lipinski definition) is 1. The van der Waals surface area contributed by atoms with Crippen LogP contribution in [0.5, 0.6) is 0 Å². The lowest BCUT2D eigenvalue weighted by molar-refractivity contribution is 0.0375. The van der Waals surface area contributed by atoms with Gasteiger partial charge in [-0.25, -0.2) is 24.4 Å². The molecule has 8 heteroatoms. The highest BCUT2D eigenvalue weighted by Gasteiger charge is 2.39. The molecule has 1 saturated heterocycles. The van der Waals surface area contributed by atoms with Crippen LogP contribution in [0, 0.1) is 0 Å². The summed E-state index contributed by atoms with van der Waals surface area (Å²) in [6, 6.07) is 7.44. The Morgan fingerprint density at radius 2 is 1.38 bits per heavy atom. The quantitative estimate of drug-likeness (QED) is 0.796. The van der Waals surface area contributed by atoms with Crippen molar-refractivity contribution in [2.45, 2.75) is 59.7 Å². The number of nitrogens with zero attached hydrogens (tertiary/aromatic N) is 3. The molecule has 0 spiro atoms. The van der Waals surface area contributed by atoms with E-state index in [-0.39, 0.29) is 19.0 Å². The number of benzene rings is 1. The summed E-state index contributed by atoms with van der Waals surface area (Å²) in [7, 11) is 0. The number of ether oxygens (including phenoxy) is 2. The van der Waals surface area contributed by atoms with Gasteiger partial charge in [0.2, 0.25) is 5.96 Å². The van der Waals surface area contributed by atoms with Crippen LogP contribution >= 0.6 is 0 Å². The first-order chi connectivity index (χ1) is 13.4. The fourth-order valence-corrected chi connectivity index (χ4v) is 2.62. The zero-order valence-electron chi connectivity index (χ0n) is 18.4. The highest BCUT2D eigenvalue weighted by Crippen LogP contribution is 2.23. The average Bonchev–Trinajstić information content (AvgIpc) is 2.97. The molecule has 1 aliphatic heterocycles. The fraction of sp³-hybridized carbons (Fsp3) is 0.571. The summed E-state index contributed by atoms with van der Waals surface area (Å²) in [5.41, 5.74) is 0.269. The topological polar surface area (TPSA) is 83.5 Å². The molecule has 8 nitrogen and oxygen atoms in total. The molecule has 0 unspecified atom stereocenters. The van der Waals surface area contributed by atoms with Crippen molar-refractivity contribution in [2.24, 2.45) is 4.99 Å². The number of guanidine groups is 1. The molecule has 2 amide bonds. The molecule has 160 valence electrons. The van der Waals surface area contributed by atoms with Gasteiger partial charge in [0.1, 0.15) is 11.2 Å². The molecule has 29 heavy (non-hydrogen) atoms. The molecule has 1 aromatic carbocycles. The number of amides is 2. The van der Waals surface area contributed by atoms with Crippen molar-refractivity contribution in [3.8, 4) is 0 Å². The van der Waals surface area contributed by atoms with Crippen LogP contribution < -0.4 is 5.32 Å². The lowest BCUT2D eigenvalue weighted by Gasteiger charge is -2.27. The third-order valence-electron chi connectivity index (χ3n) is 3.74. The Balaban J connectivity index is 2.35. The van der Waals surface area contributed by atoms with Crippen molar-refractivity contribution < 1.29 is 19.1 Å². The molecular formula is C21H32N4O4. The lowest BCUT2D eigenvalue weighted by atomic mass is 10.2. The number of hydrogen-bond acceptors (Lipinski definition) is 6. The third kappa shape index (κ3) is 6.66. The van der Waals surface area contributed by atoms with Crippen LogP contribution in [0.3, 0.4) is 0 Å². The van der Waals surface area contributed by atoms with E-state index < -0.39 is 23.4 Å². The van der Waals surface area contributed by atoms with E-state index in [4.69, 9.17) is 9.47 Å².